The second kappa shape index (κ2) is 6.16. The minimum atomic E-state index is -0.263. The molecule has 5 rings (SSSR count). The quantitative estimate of drug-likeness (QED) is 0.365. The average Bonchev–Trinajstić information content (AvgIpc) is 3.33. The number of carbonyl (C=O) groups is 2. The highest BCUT2D eigenvalue weighted by Gasteiger charge is 2.62. The lowest BCUT2D eigenvalue weighted by Crippen LogP contribution is -2.33. The van der Waals surface area contributed by atoms with Gasteiger partial charge in [0.05, 0.1) is 17.5 Å². The van der Waals surface area contributed by atoms with E-state index in [0.717, 1.165) is 3.57 Å². The zero-order valence-corrected chi connectivity index (χ0v) is 17.0. The van der Waals surface area contributed by atoms with E-state index in [0.29, 0.717) is 5.69 Å². The summed E-state index contributed by atoms with van der Waals surface area (Å²) in [5, 5.41) is 0. The maximum atomic E-state index is 13.2. The number of anilines is 1. The molecule has 4 heteroatoms. The van der Waals surface area contributed by atoms with Gasteiger partial charge in [0.2, 0.25) is 11.8 Å². The van der Waals surface area contributed by atoms with Gasteiger partial charge in [-0.3, -0.25) is 9.59 Å². The molecule has 0 aromatic heterocycles. The Morgan fingerprint density at radius 2 is 1.41 bits per heavy atom. The van der Waals surface area contributed by atoms with E-state index >= 15 is 0 Å². The summed E-state index contributed by atoms with van der Waals surface area (Å²) in [6, 6.07) is 17.8. The van der Waals surface area contributed by atoms with Crippen LogP contribution < -0.4 is 4.90 Å². The molecule has 0 N–H and O–H groups in total. The lowest BCUT2D eigenvalue weighted by atomic mass is 9.85. The number of imide groups is 1. The highest BCUT2D eigenvalue weighted by molar-refractivity contribution is 14.1. The van der Waals surface area contributed by atoms with Gasteiger partial charge in [-0.2, -0.15) is 0 Å². The van der Waals surface area contributed by atoms with Crippen molar-refractivity contribution in [2.75, 3.05) is 4.90 Å². The van der Waals surface area contributed by atoms with E-state index in [1.165, 1.54) is 21.6 Å². The lowest BCUT2D eigenvalue weighted by molar-refractivity contribution is -0.122. The standard InChI is InChI=1S/C23H18INO2/c1-13(14-5-3-2-4-6-14)19-17-11-12-18(19)21-20(17)22(26)25(23(21)27)16-9-7-15(24)8-10-16/h2-12,17-18,20-21H,1H3/t17-,18-,20-,21-/m1/s1. The Bertz CT molecular complexity index is 972. The predicted octanol–water partition coefficient (Wildman–Crippen LogP) is 4.69. The molecule has 2 amide bonds. The molecular formula is C23H18INO2. The van der Waals surface area contributed by atoms with Gasteiger partial charge < -0.3 is 0 Å². The molecule has 2 fully saturated rings. The maximum absolute atomic E-state index is 13.2. The van der Waals surface area contributed by atoms with E-state index in [-0.39, 0.29) is 35.5 Å². The fraction of sp³-hybridized carbons (Fsp3) is 0.217. The van der Waals surface area contributed by atoms with Crippen molar-refractivity contribution < 1.29 is 9.59 Å². The van der Waals surface area contributed by atoms with Gasteiger partial charge in [0.25, 0.3) is 0 Å². The zero-order chi connectivity index (χ0) is 18.7. The van der Waals surface area contributed by atoms with Crippen LogP contribution in [0.3, 0.4) is 0 Å². The maximum Gasteiger partial charge on any atom is 0.238 e. The van der Waals surface area contributed by atoms with Crippen molar-refractivity contribution >= 4 is 45.7 Å². The number of benzene rings is 2. The van der Waals surface area contributed by atoms with Crippen LogP contribution in [0.1, 0.15) is 12.5 Å². The second-order valence-electron chi connectivity index (χ2n) is 7.42. The summed E-state index contributed by atoms with van der Waals surface area (Å²) in [6.45, 7) is 2.12. The Morgan fingerprint density at radius 3 is 1.96 bits per heavy atom. The first-order chi connectivity index (χ1) is 13.1. The molecule has 1 saturated carbocycles. The molecule has 27 heavy (non-hydrogen) atoms. The number of allylic oxidation sites excluding steroid dienone is 4. The van der Waals surface area contributed by atoms with E-state index in [1.54, 1.807) is 0 Å². The van der Waals surface area contributed by atoms with Crippen LogP contribution in [-0.4, -0.2) is 11.8 Å². The van der Waals surface area contributed by atoms with Gasteiger partial charge in [-0.25, -0.2) is 4.90 Å². The van der Waals surface area contributed by atoms with E-state index in [2.05, 4.69) is 53.8 Å². The number of hydrogen-bond acceptors (Lipinski definition) is 2. The summed E-state index contributed by atoms with van der Waals surface area (Å²) in [5.41, 5.74) is 4.30. The Morgan fingerprint density at radius 1 is 0.852 bits per heavy atom. The normalized spacial score (nSPS) is 28.2. The van der Waals surface area contributed by atoms with Crippen LogP contribution in [0, 0.1) is 27.2 Å². The van der Waals surface area contributed by atoms with Crippen molar-refractivity contribution in [3.63, 3.8) is 0 Å². The predicted molar refractivity (Wildman–Crippen MR) is 114 cm³/mol. The van der Waals surface area contributed by atoms with Gasteiger partial charge in [-0.1, -0.05) is 48.1 Å². The molecule has 0 unspecified atom stereocenters. The van der Waals surface area contributed by atoms with E-state index < -0.39 is 0 Å². The van der Waals surface area contributed by atoms with Crippen LogP contribution in [0.15, 0.2) is 72.3 Å². The highest BCUT2D eigenvalue weighted by atomic mass is 127. The Kier molecular flexibility index (Phi) is 3.86. The number of carbonyl (C=O) groups excluding carboxylic acids is 2. The Hall–Kier alpha value is -2.21. The smallest absolute Gasteiger partial charge is 0.238 e. The van der Waals surface area contributed by atoms with Crippen molar-refractivity contribution in [2.24, 2.45) is 23.7 Å². The summed E-state index contributed by atoms with van der Waals surface area (Å²) < 4.78 is 1.08. The van der Waals surface area contributed by atoms with Crippen molar-refractivity contribution in [3.05, 3.63) is 81.5 Å². The largest absolute Gasteiger partial charge is 0.274 e. The molecule has 2 aliphatic carbocycles. The molecule has 2 aromatic carbocycles. The third-order valence-corrected chi connectivity index (χ3v) is 6.86. The first-order valence-electron chi connectivity index (χ1n) is 9.15. The van der Waals surface area contributed by atoms with Gasteiger partial charge in [-0.05, 0) is 64.9 Å². The molecule has 3 aliphatic rings. The van der Waals surface area contributed by atoms with Crippen molar-refractivity contribution in [1.29, 1.82) is 0 Å². The van der Waals surface area contributed by atoms with Gasteiger partial charge in [0, 0.05) is 15.4 Å². The van der Waals surface area contributed by atoms with Crippen LogP contribution in [0.2, 0.25) is 0 Å². The fourth-order valence-corrected chi connectivity index (χ4v) is 5.32. The summed E-state index contributed by atoms with van der Waals surface area (Å²) in [4.78, 5) is 27.9. The molecule has 1 heterocycles. The van der Waals surface area contributed by atoms with Crippen LogP contribution >= 0.6 is 22.6 Å². The lowest BCUT2D eigenvalue weighted by Gasteiger charge is -2.20. The van der Waals surface area contributed by atoms with Crippen molar-refractivity contribution in [1.82, 2.24) is 0 Å². The number of hydrogen-bond donors (Lipinski definition) is 0. The summed E-state index contributed by atoms with van der Waals surface area (Å²) in [7, 11) is 0. The minimum absolute atomic E-state index is 0.0329. The first kappa shape index (κ1) is 16.9. The molecule has 2 bridgehead atoms. The van der Waals surface area contributed by atoms with Crippen LogP contribution in [0.4, 0.5) is 5.69 Å². The molecule has 0 spiro atoms. The van der Waals surface area contributed by atoms with E-state index in [9.17, 15) is 9.59 Å². The molecule has 134 valence electrons. The molecule has 2 aromatic rings. The Balaban J connectivity index is 1.55. The molecule has 3 nitrogen and oxygen atoms in total. The number of fused-ring (bicyclic) bond motifs is 5. The molecular weight excluding hydrogens is 449 g/mol. The van der Waals surface area contributed by atoms with Gasteiger partial charge >= 0.3 is 0 Å². The zero-order valence-electron chi connectivity index (χ0n) is 14.8. The van der Waals surface area contributed by atoms with Gasteiger partial charge in [0.1, 0.15) is 0 Å². The van der Waals surface area contributed by atoms with Gasteiger partial charge in [0.15, 0.2) is 0 Å². The van der Waals surface area contributed by atoms with Crippen molar-refractivity contribution in [3.8, 4) is 0 Å². The molecule has 1 aliphatic heterocycles. The minimum Gasteiger partial charge on any atom is -0.274 e. The molecule has 4 atom stereocenters. The third kappa shape index (κ3) is 2.39. The van der Waals surface area contributed by atoms with Gasteiger partial charge in [-0.15, -0.1) is 0 Å². The number of halogens is 1. The first-order valence-corrected chi connectivity index (χ1v) is 10.2. The Labute approximate surface area is 171 Å². The van der Waals surface area contributed by atoms with E-state index in [4.69, 9.17) is 0 Å². The second-order valence-corrected chi connectivity index (χ2v) is 8.67. The highest BCUT2D eigenvalue weighted by Crippen LogP contribution is 2.58. The van der Waals surface area contributed by atoms with Crippen LogP contribution in [0.5, 0.6) is 0 Å². The summed E-state index contributed by atoms with van der Waals surface area (Å²) in [6.07, 6.45) is 4.27. The monoisotopic (exact) mass is 467 g/mol. The fourth-order valence-electron chi connectivity index (χ4n) is 4.96. The van der Waals surface area contributed by atoms with Crippen LogP contribution in [0.25, 0.3) is 5.57 Å². The molecule has 1 saturated heterocycles. The van der Waals surface area contributed by atoms with Crippen LogP contribution in [-0.2, 0) is 9.59 Å². The molecule has 0 radical (unpaired) electrons. The summed E-state index contributed by atoms with van der Waals surface area (Å²) in [5.74, 6) is -0.570. The van der Waals surface area contributed by atoms with E-state index in [1.807, 2.05) is 42.5 Å². The topological polar surface area (TPSA) is 37.4 Å². The van der Waals surface area contributed by atoms with Crippen molar-refractivity contribution in [2.45, 2.75) is 6.92 Å². The number of rotatable bonds is 2. The average molecular weight is 467 g/mol. The number of amides is 2. The third-order valence-electron chi connectivity index (χ3n) is 6.14. The number of nitrogens with zero attached hydrogens (tertiary/aromatic N) is 1. The SMILES string of the molecule is CC(=C1[C@H]2C=C[C@H]1[C@H]1C(=O)N(c3ccc(I)cc3)C(=O)[C@@H]12)c1ccccc1. The summed E-state index contributed by atoms with van der Waals surface area (Å²) >= 11 is 2.22.